The summed E-state index contributed by atoms with van der Waals surface area (Å²) in [6.07, 6.45) is 5.11. The van der Waals surface area contributed by atoms with Gasteiger partial charge in [-0.05, 0) is 87.8 Å². The first kappa shape index (κ1) is 35.8. The normalized spacial score (nSPS) is 16.5. The van der Waals surface area contributed by atoms with Crippen molar-refractivity contribution >= 4 is 91.6 Å². The predicted octanol–water partition coefficient (Wildman–Crippen LogP) is 7.55. The SMILES string of the molecule is Cc1cccc(NC(=O)CCCCCN2C(=O)/C(=C3\SC(=S)N(CCCCCC(=O)Nc4cccc(C)c4C)C3=O)SC2=S)c1C. The van der Waals surface area contributed by atoms with E-state index >= 15 is 0 Å². The standard InChI is InChI=1S/C34H40N4O4S4/c1-21-13-11-15-25(23(21)3)35-27(39)17-7-5-9-19-37-31(41)29(45-33(37)43)30-32(42)38(34(44)46-30)20-10-6-8-18-28(40)36-26-16-12-14-22(2)24(26)4/h11-16H,5-10,17-20H2,1-4H3,(H,35,39)(H,36,40)/b30-29+. The third kappa shape index (κ3) is 9.05. The molecule has 2 aliphatic heterocycles. The molecule has 0 unspecified atom stereocenters. The van der Waals surface area contributed by atoms with E-state index in [1.807, 2.05) is 64.1 Å². The highest BCUT2D eigenvalue weighted by Crippen LogP contribution is 2.42. The molecule has 0 aromatic heterocycles. The lowest BCUT2D eigenvalue weighted by Crippen LogP contribution is -2.31. The molecule has 2 N–H and O–H groups in total. The number of benzene rings is 2. The topological polar surface area (TPSA) is 98.8 Å². The Bertz CT molecular complexity index is 1470. The Labute approximate surface area is 290 Å². The van der Waals surface area contributed by atoms with Gasteiger partial charge in [-0.3, -0.25) is 29.0 Å². The van der Waals surface area contributed by atoms with E-state index in [9.17, 15) is 19.2 Å². The van der Waals surface area contributed by atoms with Crippen molar-refractivity contribution in [3.63, 3.8) is 0 Å². The lowest BCUT2D eigenvalue weighted by atomic mass is 10.1. The van der Waals surface area contributed by atoms with Gasteiger partial charge in [-0.1, -0.05) is 85.1 Å². The van der Waals surface area contributed by atoms with E-state index in [0.29, 0.717) is 70.1 Å². The maximum absolute atomic E-state index is 13.3. The number of nitrogens with zero attached hydrogens (tertiary/aromatic N) is 2. The molecular formula is C34H40N4O4S4. The summed E-state index contributed by atoms with van der Waals surface area (Å²) >= 11 is 13.3. The molecule has 0 saturated carbocycles. The predicted molar refractivity (Wildman–Crippen MR) is 197 cm³/mol. The third-order valence-corrected chi connectivity index (χ3v) is 11.3. The molecular weight excluding hydrogens is 657 g/mol. The van der Waals surface area contributed by atoms with E-state index in [-0.39, 0.29) is 23.6 Å². The highest BCUT2D eigenvalue weighted by Gasteiger charge is 2.41. The fraction of sp³-hybridized carbons (Fsp3) is 0.412. The van der Waals surface area contributed by atoms with E-state index in [4.69, 9.17) is 24.4 Å². The largest absolute Gasteiger partial charge is 0.326 e. The van der Waals surface area contributed by atoms with Crippen LogP contribution in [-0.4, -0.2) is 55.2 Å². The van der Waals surface area contributed by atoms with Crippen LogP contribution in [0.15, 0.2) is 46.2 Å². The van der Waals surface area contributed by atoms with Gasteiger partial charge in [0.1, 0.15) is 8.64 Å². The fourth-order valence-electron chi connectivity index (χ4n) is 5.12. The molecule has 2 aromatic rings. The van der Waals surface area contributed by atoms with Crippen molar-refractivity contribution in [2.75, 3.05) is 23.7 Å². The number of hydrogen-bond donors (Lipinski definition) is 2. The van der Waals surface area contributed by atoms with Crippen molar-refractivity contribution < 1.29 is 19.2 Å². The molecule has 0 atom stereocenters. The number of carbonyl (C=O) groups excluding carboxylic acids is 4. The van der Waals surface area contributed by atoms with Crippen LogP contribution >= 0.6 is 48.0 Å². The van der Waals surface area contributed by atoms with Crippen LogP contribution in [0.1, 0.15) is 73.6 Å². The summed E-state index contributed by atoms with van der Waals surface area (Å²) in [5, 5.41) is 5.96. The molecule has 8 nitrogen and oxygen atoms in total. The van der Waals surface area contributed by atoms with Gasteiger partial charge in [-0.15, -0.1) is 0 Å². The van der Waals surface area contributed by atoms with Crippen LogP contribution in [0, 0.1) is 27.7 Å². The summed E-state index contributed by atoms with van der Waals surface area (Å²) < 4.78 is 0.856. The van der Waals surface area contributed by atoms with Gasteiger partial charge in [0.2, 0.25) is 11.8 Å². The first-order chi connectivity index (χ1) is 22.0. The quantitative estimate of drug-likeness (QED) is 0.119. The van der Waals surface area contributed by atoms with Crippen molar-refractivity contribution in [2.24, 2.45) is 0 Å². The van der Waals surface area contributed by atoms with Crippen LogP contribution in [0.5, 0.6) is 0 Å². The summed E-state index contributed by atoms with van der Waals surface area (Å²) in [6, 6.07) is 11.7. The second-order valence-corrected chi connectivity index (χ2v) is 14.8. The van der Waals surface area contributed by atoms with Gasteiger partial charge in [-0.25, -0.2) is 0 Å². The number of amides is 4. The minimum absolute atomic E-state index is 0.0277. The summed E-state index contributed by atoms with van der Waals surface area (Å²) in [5.41, 5.74) is 6.06. The Morgan fingerprint density at radius 3 is 1.41 bits per heavy atom. The zero-order chi connectivity index (χ0) is 33.4. The molecule has 2 saturated heterocycles. The number of rotatable bonds is 14. The van der Waals surface area contributed by atoms with Gasteiger partial charge < -0.3 is 10.6 Å². The second kappa shape index (κ2) is 16.7. The van der Waals surface area contributed by atoms with Crippen molar-refractivity contribution in [3.8, 4) is 0 Å². The van der Waals surface area contributed by atoms with Crippen LogP contribution < -0.4 is 10.6 Å². The molecule has 4 rings (SSSR count). The van der Waals surface area contributed by atoms with Crippen molar-refractivity contribution in [2.45, 2.75) is 79.1 Å². The lowest BCUT2D eigenvalue weighted by Gasteiger charge is -2.15. The molecule has 46 heavy (non-hydrogen) atoms. The smallest absolute Gasteiger partial charge is 0.267 e. The highest BCUT2D eigenvalue weighted by atomic mass is 32.2. The minimum Gasteiger partial charge on any atom is -0.326 e. The Hall–Kier alpha value is -3.06. The molecule has 2 heterocycles. The molecule has 0 bridgehead atoms. The van der Waals surface area contributed by atoms with Gasteiger partial charge >= 0.3 is 0 Å². The van der Waals surface area contributed by atoms with Crippen LogP contribution in [0.2, 0.25) is 0 Å². The number of thiocarbonyl (C=S) groups is 2. The molecule has 0 aliphatic carbocycles. The summed E-state index contributed by atoms with van der Waals surface area (Å²) in [4.78, 5) is 55.1. The van der Waals surface area contributed by atoms with Gasteiger partial charge in [0.05, 0.1) is 9.81 Å². The number of aryl methyl sites for hydroxylation is 2. The summed E-state index contributed by atoms with van der Waals surface area (Å²) in [6.45, 7) is 8.88. The van der Waals surface area contributed by atoms with E-state index in [2.05, 4.69) is 10.6 Å². The van der Waals surface area contributed by atoms with Crippen molar-refractivity contribution in [1.82, 2.24) is 9.80 Å². The molecule has 0 radical (unpaired) electrons. The number of carbonyl (C=O) groups is 4. The average Bonchev–Trinajstić information content (AvgIpc) is 3.45. The van der Waals surface area contributed by atoms with Crippen LogP contribution in [-0.2, 0) is 19.2 Å². The first-order valence-electron chi connectivity index (χ1n) is 15.5. The molecule has 2 fully saturated rings. The van der Waals surface area contributed by atoms with Crippen molar-refractivity contribution in [3.05, 3.63) is 68.5 Å². The zero-order valence-corrected chi connectivity index (χ0v) is 30.0. The molecule has 12 heteroatoms. The van der Waals surface area contributed by atoms with Crippen LogP contribution in [0.3, 0.4) is 0 Å². The Balaban J connectivity index is 1.18. The van der Waals surface area contributed by atoms with Gasteiger partial charge in [0, 0.05) is 37.3 Å². The molecule has 2 aromatic carbocycles. The molecule has 0 spiro atoms. The summed E-state index contributed by atoms with van der Waals surface area (Å²) in [7, 11) is 0. The fourth-order valence-corrected chi connectivity index (χ4v) is 7.89. The van der Waals surface area contributed by atoms with E-state index < -0.39 is 0 Å². The number of nitrogens with one attached hydrogen (secondary N) is 2. The zero-order valence-electron chi connectivity index (χ0n) is 26.7. The molecule has 2 aliphatic rings. The number of unbranched alkanes of at least 4 members (excludes halogenated alkanes) is 4. The minimum atomic E-state index is -0.266. The Morgan fingerprint density at radius 2 is 1.02 bits per heavy atom. The number of anilines is 2. The molecule has 244 valence electrons. The van der Waals surface area contributed by atoms with Crippen LogP contribution in [0.4, 0.5) is 11.4 Å². The maximum Gasteiger partial charge on any atom is 0.267 e. The summed E-state index contributed by atoms with van der Waals surface area (Å²) in [5.74, 6) is -0.587. The second-order valence-electron chi connectivity index (χ2n) is 11.5. The van der Waals surface area contributed by atoms with Crippen molar-refractivity contribution in [1.29, 1.82) is 0 Å². The Morgan fingerprint density at radius 1 is 0.630 bits per heavy atom. The third-order valence-electron chi connectivity index (χ3n) is 8.23. The highest BCUT2D eigenvalue weighted by molar-refractivity contribution is 8.29. The van der Waals surface area contributed by atoms with Gasteiger partial charge in [0.15, 0.2) is 0 Å². The lowest BCUT2D eigenvalue weighted by molar-refractivity contribution is -0.124. The number of thioether (sulfide) groups is 2. The monoisotopic (exact) mass is 696 g/mol. The average molecular weight is 697 g/mol. The van der Waals surface area contributed by atoms with E-state index in [1.165, 1.54) is 0 Å². The van der Waals surface area contributed by atoms with Gasteiger partial charge in [0.25, 0.3) is 11.8 Å². The molecule has 4 amide bonds. The number of hydrogen-bond acceptors (Lipinski definition) is 8. The first-order valence-corrected chi connectivity index (χ1v) is 18.0. The maximum atomic E-state index is 13.3. The Kier molecular flexibility index (Phi) is 13.0. The van der Waals surface area contributed by atoms with E-state index in [1.54, 1.807) is 9.80 Å². The van der Waals surface area contributed by atoms with Crippen LogP contribution in [0.25, 0.3) is 0 Å². The van der Waals surface area contributed by atoms with E-state index in [0.717, 1.165) is 70.0 Å². The van der Waals surface area contributed by atoms with Gasteiger partial charge in [-0.2, -0.15) is 0 Å².